The highest BCUT2D eigenvalue weighted by molar-refractivity contribution is 5.01. The molecule has 2 rings (SSSR count). The van der Waals surface area contributed by atoms with Gasteiger partial charge in [-0.3, -0.25) is 0 Å². The van der Waals surface area contributed by atoms with Gasteiger partial charge >= 0.3 is 0 Å². The van der Waals surface area contributed by atoms with E-state index in [9.17, 15) is 0 Å². The average Bonchev–Trinajstić information content (AvgIpc) is 2.19. The lowest BCUT2D eigenvalue weighted by atomic mass is 9.47. The second kappa shape index (κ2) is 4.03. The molecule has 0 radical (unpaired) electrons. The summed E-state index contributed by atoms with van der Waals surface area (Å²) in [5.41, 5.74) is 1.25. The highest BCUT2D eigenvalue weighted by Gasteiger charge is 2.52. The van der Waals surface area contributed by atoms with Crippen LogP contribution in [0.5, 0.6) is 0 Å². The number of rotatable bonds is 1. The summed E-state index contributed by atoms with van der Waals surface area (Å²) < 4.78 is 0. The third kappa shape index (κ3) is 1.83. The van der Waals surface area contributed by atoms with Gasteiger partial charge in [-0.2, -0.15) is 0 Å². The first-order valence-electron chi connectivity index (χ1n) is 7.40. The van der Waals surface area contributed by atoms with Crippen LogP contribution in [0.25, 0.3) is 0 Å². The van der Waals surface area contributed by atoms with Crippen molar-refractivity contribution in [1.29, 1.82) is 0 Å². The van der Waals surface area contributed by atoms with E-state index in [1.807, 2.05) is 0 Å². The molecule has 0 amide bonds. The summed E-state index contributed by atoms with van der Waals surface area (Å²) in [5, 5.41) is 0. The minimum atomic E-state index is 0.592. The Labute approximate surface area is 102 Å². The maximum Gasteiger partial charge on any atom is -0.0264 e. The summed E-state index contributed by atoms with van der Waals surface area (Å²) in [6.07, 6.45) is 8.78. The van der Waals surface area contributed by atoms with Crippen LogP contribution in [-0.2, 0) is 0 Å². The first kappa shape index (κ1) is 12.5. The molecule has 0 nitrogen and oxygen atoms in total. The third-order valence-electron chi connectivity index (χ3n) is 6.03. The maximum atomic E-state index is 2.61. The van der Waals surface area contributed by atoms with Gasteiger partial charge in [0.2, 0.25) is 0 Å². The summed E-state index contributed by atoms with van der Waals surface area (Å²) >= 11 is 0. The largest absolute Gasteiger partial charge is 0.0651 e. The predicted octanol–water partition coefficient (Wildman–Crippen LogP) is 5.28. The molecule has 0 aliphatic heterocycles. The lowest BCUT2D eigenvalue weighted by Crippen LogP contribution is -2.50. The Kier molecular flexibility index (Phi) is 3.14. The van der Waals surface area contributed by atoms with Crippen LogP contribution in [0.3, 0.4) is 0 Å². The first-order chi connectivity index (χ1) is 7.40. The van der Waals surface area contributed by atoms with Gasteiger partial charge in [-0.15, -0.1) is 0 Å². The van der Waals surface area contributed by atoms with Gasteiger partial charge in [-0.25, -0.2) is 0 Å². The van der Waals surface area contributed by atoms with Crippen LogP contribution in [0, 0.1) is 28.6 Å². The minimum Gasteiger partial charge on any atom is -0.0651 e. The average molecular weight is 222 g/mol. The normalized spacial score (nSPS) is 47.4. The van der Waals surface area contributed by atoms with Crippen molar-refractivity contribution in [1.82, 2.24) is 0 Å². The predicted molar refractivity (Wildman–Crippen MR) is 71.4 cm³/mol. The Morgan fingerprint density at radius 1 is 1.06 bits per heavy atom. The van der Waals surface area contributed by atoms with Crippen LogP contribution in [-0.4, -0.2) is 0 Å². The van der Waals surface area contributed by atoms with Gasteiger partial charge in [0, 0.05) is 0 Å². The monoisotopic (exact) mass is 222 g/mol. The summed E-state index contributed by atoms with van der Waals surface area (Å²) in [7, 11) is 0. The maximum absolute atomic E-state index is 2.61. The number of fused-ring (bicyclic) bond motifs is 1. The molecule has 4 atom stereocenters. The highest BCUT2D eigenvalue weighted by atomic mass is 14.6. The molecule has 0 heteroatoms. The van der Waals surface area contributed by atoms with Crippen molar-refractivity contribution in [3.63, 3.8) is 0 Å². The molecule has 0 bridgehead atoms. The molecular weight excluding hydrogens is 192 g/mol. The van der Waals surface area contributed by atoms with Gasteiger partial charge < -0.3 is 0 Å². The lowest BCUT2D eigenvalue weighted by Gasteiger charge is -2.58. The zero-order valence-electron chi connectivity index (χ0n) is 12.0. The molecule has 2 aliphatic carbocycles. The topological polar surface area (TPSA) is 0 Å². The van der Waals surface area contributed by atoms with E-state index in [0.29, 0.717) is 10.8 Å². The molecule has 4 unspecified atom stereocenters. The molecule has 0 aromatic rings. The van der Waals surface area contributed by atoms with E-state index in [1.165, 1.54) is 38.5 Å². The molecule has 0 saturated heterocycles. The first-order valence-corrected chi connectivity index (χ1v) is 7.40. The fourth-order valence-electron chi connectivity index (χ4n) is 5.13. The van der Waals surface area contributed by atoms with E-state index in [0.717, 1.165) is 17.8 Å². The number of hydrogen-bond acceptors (Lipinski definition) is 0. The van der Waals surface area contributed by atoms with Crippen molar-refractivity contribution < 1.29 is 0 Å². The third-order valence-corrected chi connectivity index (χ3v) is 6.03. The van der Waals surface area contributed by atoms with E-state index in [4.69, 9.17) is 0 Å². The fraction of sp³-hybridized carbons (Fsp3) is 1.00. The lowest BCUT2D eigenvalue weighted by molar-refractivity contribution is -0.0889. The Morgan fingerprint density at radius 3 is 2.38 bits per heavy atom. The standard InChI is InChI=1S/C16H30/c1-6-13-10-12(2)11-14-15(3,4)8-7-9-16(13,14)5/h12-14H,6-11H2,1-5H3. The van der Waals surface area contributed by atoms with Crippen LogP contribution in [0.4, 0.5) is 0 Å². The van der Waals surface area contributed by atoms with Crippen molar-refractivity contribution in [2.24, 2.45) is 28.6 Å². The van der Waals surface area contributed by atoms with Gasteiger partial charge in [0.1, 0.15) is 0 Å². The van der Waals surface area contributed by atoms with Crippen molar-refractivity contribution in [2.45, 2.75) is 73.1 Å². The molecule has 2 saturated carbocycles. The van der Waals surface area contributed by atoms with E-state index in [2.05, 4.69) is 34.6 Å². The zero-order chi connectivity index (χ0) is 12.0. The van der Waals surface area contributed by atoms with Gasteiger partial charge in [-0.1, -0.05) is 47.5 Å². The van der Waals surface area contributed by atoms with Gasteiger partial charge in [0.05, 0.1) is 0 Å². The van der Waals surface area contributed by atoms with Gasteiger partial charge in [-0.05, 0) is 54.3 Å². The summed E-state index contributed by atoms with van der Waals surface area (Å²) in [4.78, 5) is 0. The summed E-state index contributed by atoms with van der Waals surface area (Å²) in [6.45, 7) is 12.6. The van der Waals surface area contributed by atoms with E-state index in [1.54, 1.807) is 0 Å². The summed E-state index contributed by atoms with van der Waals surface area (Å²) in [6, 6.07) is 0. The van der Waals surface area contributed by atoms with Crippen LogP contribution < -0.4 is 0 Å². The number of hydrogen-bond donors (Lipinski definition) is 0. The highest BCUT2D eigenvalue weighted by Crippen LogP contribution is 2.61. The van der Waals surface area contributed by atoms with Crippen molar-refractivity contribution in [3.05, 3.63) is 0 Å². The molecular formula is C16H30. The Hall–Kier alpha value is 0. The molecule has 0 aromatic carbocycles. The molecule has 94 valence electrons. The van der Waals surface area contributed by atoms with E-state index >= 15 is 0 Å². The molecule has 0 heterocycles. The molecule has 2 aliphatic rings. The van der Waals surface area contributed by atoms with Crippen LogP contribution >= 0.6 is 0 Å². The SMILES string of the molecule is CCC1CC(C)CC2C(C)(C)CCCC12C. The molecule has 0 N–H and O–H groups in total. The van der Waals surface area contributed by atoms with Crippen LogP contribution in [0.2, 0.25) is 0 Å². The van der Waals surface area contributed by atoms with Crippen LogP contribution in [0.15, 0.2) is 0 Å². The second-order valence-corrected chi connectivity index (χ2v) is 7.58. The van der Waals surface area contributed by atoms with Crippen molar-refractivity contribution in [3.8, 4) is 0 Å². The van der Waals surface area contributed by atoms with E-state index in [-0.39, 0.29) is 0 Å². The Balaban J connectivity index is 2.30. The quantitative estimate of drug-likeness (QED) is 0.566. The molecule has 0 spiro atoms. The molecule has 0 aromatic heterocycles. The van der Waals surface area contributed by atoms with Crippen molar-refractivity contribution >= 4 is 0 Å². The van der Waals surface area contributed by atoms with Crippen LogP contribution in [0.1, 0.15) is 73.1 Å². The minimum absolute atomic E-state index is 0.592. The van der Waals surface area contributed by atoms with E-state index < -0.39 is 0 Å². The van der Waals surface area contributed by atoms with Gasteiger partial charge in [0.25, 0.3) is 0 Å². The fourth-order valence-corrected chi connectivity index (χ4v) is 5.13. The molecule has 2 fully saturated rings. The van der Waals surface area contributed by atoms with Crippen molar-refractivity contribution in [2.75, 3.05) is 0 Å². The second-order valence-electron chi connectivity index (χ2n) is 7.58. The Bertz CT molecular complexity index is 253. The Morgan fingerprint density at radius 2 is 1.75 bits per heavy atom. The summed E-state index contributed by atoms with van der Waals surface area (Å²) in [5.74, 6) is 2.92. The zero-order valence-corrected chi connectivity index (χ0v) is 12.0. The molecule has 16 heavy (non-hydrogen) atoms. The smallest absolute Gasteiger partial charge is 0.0264 e. The van der Waals surface area contributed by atoms with Gasteiger partial charge in [0.15, 0.2) is 0 Å².